The maximum Gasteiger partial charge on any atom is 0.416 e. The molecule has 0 saturated carbocycles. The number of alkyl halides is 3. The average Bonchev–Trinajstić information content (AvgIpc) is 3.33. The Labute approximate surface area is 216 Å². The minimum atomic E-state index is -4.52. The van der Waals surface area contributed by atoms with Gasteiger partial charge in [0.25, 0.3) is 5.56 Å². The van der Waals surface area contributed by atoms with Gasteiger partial charge >= 0.3 is 6.18 Å². The summed E-state index contributed by atoms with van der Waals surface area (Å²) in [5, 5.41) is 3.90. The molecule has 196 valence electrons. The Kier molecular flexibility index (Phi) is 6.09. The molecule has 0 unspecified atom stereocenters. The number of halogens is 3. The molecule has 5 aromatic rings. The first-order valence-electron chi connectivity index (χ1n) is 12.0. The van der Waals surface area contributed by atoms with Crippen LogP contribution in [0.25, 0.3) is 27.8 Å². The normalized spacial score (nSPS) is 12.9. The molecule has 0 bridgehead atoms. The van der Waals surface area contributed by atoms with Crippen molar-refractivity contribution < 1.29 is 13.2 Å². The van der Waals surface area contributed by atoms with Crippen molar-refractivity contribution >= 4 is 28.2 Å². The Balaban J connectivity index is 1.67. The van der Waals surface area contributed by atoms with Crippen LogP contribution in [0.15, 0.2) is 59.8 Å². The molecule has 5 rings (SSSR count). The van der Waals surface area contributed by atoms with Crippen LogP contribution in [0, 0.1) is 6.92 Å². The van der Waals surface area contributed by atoms with Crippen LogP contribution in [0.3, 0.4) is 0 Å². The highest BCUT2D eigenvalue weighted by molar-refractivity contribution is 5.95. The summed E-state index contributed by atoms with van der Waals surface area (Å²) >= 11 is 0. The van der Waals surface area contributed by atoms with E-state index in [-0.39, 0.29) is 17.3 Å². The number of benzene rings is 1. The first-order valence-corrected chi connectivity index (χ1v) is 12.0. The highest BCUT2D eigenvalue weighted by atomic mass is 19.4. The highest BCUT2D eigenvalue weighted by Crippen LogP contribution is 2.35. The van der Waals surface area contributed by atoms with Gasteiger partial charge in [0.05, 0.1) is 17.0 Å². The number of nitrogens with one attached hydrogen (secondary N) is 1. The number of fused-ring (bicyclic) bond motifs is 3. The van der Waals surface area contributed by atoms with Gasteiger partial charge in [-0.2, -0.15) is 13.2 Å². The quantitative estimate of drug-likeness (QED) is 0.285. The van der Waals surface area contributed by atoms with Crippen molar-refractivity contribution in [1.29, 1.82) is 0 Å². The van der Waals surface area contributed by atoms with Crippen molar-refractivity contribution in [2.24, 2.45) is 0 Å². The lowest BCUT2D eigenvalue weighted by Gasteiger charge is -2.20. The molecule has 1 aromatic carbocycles. The number of hydrogen-bond acceptors (Lipinski definition) is 6. The summed E-state index contributed by atoms with van der Waals surface area (Å²) in [5.74, 6) is 0.928. The van der Waals surface area contributed by atoms with Gasteiger partial charge in [-0.1, -0.05) is 0 Å². The Morgan fingerprint density at radius 3 is 2.50 bits per heavy atom. The number of nitrogens with zero attached hydrogens (tertiary/aromatic N) is 5. The molecule has 38 heavy (non-hydrogen) atoms. The topological polar surface area (TPSA) is 103 Å². The molecule has 4 heterocycles. The minimum absolute atomic E-state index is 0.0230. The van der Waals surface area contributed by atoms with E-state index < -0.39 is 17.8 Å². The molecular formula is C27H26F3N7O. The van der Waals surface area contributed by atoms with Gasteiger partial charge in [-0.15, -0.1) is 0 Å². The number of nitrogens with two attached hydrogens (primary N) is 1. The summed E-state index contributed by atoms with van der Waals surface area (Å²) in [7, 11) is 0. The molecule has 8 nitrogen and oxygen atoms in total. The minimum Gasteiger partial charge on any atom is -0.399 e. The number of nitrogen functional groups attached to an aromatic ring is 1. The van der Waals surface area contributed by atoms with E-state index in [4.69, 9.17) is 5.73 Å². The van der Waals surface area contributed by atoms with E-state index in [0.29, 0.717) is 33.9 Å². The Morgan fingerprint density at radius 2 is 1.79 bits per heavy atom. The highest BCUT2D eigenvalue weighted by Gasteiger charge is 2.31. The summed E-state index contributed by atoms with van der Waals surface area (Å²) in [5.41, 5.74) is 8.03. The van der Waals surface area contributed by atoms with E-state index in [9.17, 15) is 18.0 Å². The van der Waals surface area contributed by atoms with Crippen LogP contribution in [0.4, 0.5) is 24.7 Å². The van der Waals surface area contributed by atoms with Gasteiger partial charge in [0.2, 0.25) is 0 Å². The van der Waals surface area contributed by atoms with Crippen LogP contribution in [-0.2, 0) is 6.18 Å². The first kappa shape index (κ1) is 25.2. The van der Waals surface area contributed by atoms with Crippen molar-refractivity contribution in [3.8, 4) is 11.1 Å². The molecule has 11 heteroatoms. The van der Waals surface area contributed by atoms with Crippen LogP contribution in [0.1, 0.15) is 49.8 Å². The maximum atomic E-state index is 13.4. The fourth-order valence-electron chi connectivity index (χ4n) is 4.53. The molecule has 4 aromatic heterocycles. The molecular weight excluding hydrogens is 495 g/mol. The lowest BCUT2D eigenvalue weighted by Crippen LogP contribution is -2.20. The van der Waals surface area contributed by atoms with Crippen LogP contribution >= 0.6 is 0 Å². The first-order chi connectivity index (χ1) is 17.9. The lowest BCUT2D eigenvalue weighted by atomic mass is 10.0. The fraction of sp³-hybridized carbons (Fsp3) is 0.259. The van der Waals surface area contributed by atoms with Crippen LogP contribution in [-0.4, -0.2) is 23.9 Å². The van der Waals surface area contributed by atoms with E-state index >= 15 is 0 Å². The molecule has 0 spiro atoms. The lowest BCUT2D eigenvalue weighted by molar-refractivity contribution is -0.137. The van der Waals surface area contributed by atoms with Crippen LogP contribution in [0.2, 0.25) is 0 Å². The number of aromatic nitrogens is 5. The SMILES string of the molecule is Cc1nc(N[C@H](C)c2cc(N)cc(C(F)(F)F)c2)c2cc(-c3ccc(=O)n(C(C)C)c3)c3nccn3c2n1. The van der Waals surface area contributed by atoms with E-state index in [1.165, 1.54) is 12.1 Å². The van der Waals surface area contributed by atoms with Crippen LogP contribution in [0.5, 0.6) is 0 Å². The zero-order valence-corrected chi connectivity index (χ0v) is 21.2. The third-order valence-corrected chi connectivity index (χ3v) is 6.40. The van der Waals surface area contributed by atoms with Gasteiger partial charge in [-0.3, -0.25) is 9.20 Å². The Morgan fingerprint density at radius 1 is 1.03 bits per heavy atom. The summed E-state index contributed by atoms with van der Waals surface area (Å²) in [6.45, 7) is 7.34. The van der Waals surface area contributed by atoms with Crippen LogP contribution < -0.4 is 16.6 Å². The van der Waals surface area contributed by atoms with Gasteiger partial charge in [0.15, 0.2) is 5.65 Å². The summed E-state index contributed by atoms with van der Waals surface area (Å²) < 4.78 is 43.7. The summed E-state index contributed by atoms with van der Waals surface area (Å²) in [6.07, 6.45) is 0.720. The average molecular weight is 522 g/mol. The Hall–Kier alpha value is -4.41. The monoisotopic (exact) mass is 521 g/mol. The molecule has 0 radical (unpaired) electrons. The predicted octanol–water partition coefficient (Wildman–Crippen LogP) is 5.77. The molecule has 0 fully saturated rings. The zero-order valence-electron chi connectivity index (χ0n) is 21.2. The maximum absolute atomic E-state index is 13.4. The molecule has 0 amide bonds. The van der Waals surface area contributed by atoms with Crippen molar-refractivity contribution in [3.05, 3.63) is 82.3 Å². The smallest absolute Gasteiger partial charge is 0.399 e. The molecule has 0 aliphatic rings. The third kappa shape index (κ3) is 4.55. The second kappa shape index (κ2) is 9.16. The van der Waals surface area contributed by atoms with E-state index in [2.05, 4.69) is 20.3 Å². The number of anilines is 2. The van der Waals surface area contributed by atoms with Crippen molar-refractivity contribution in [1.82, 2.24) is 23.9 Å². The van der Waals surface area contributed by atoms with Gasteiger partial charge in [0.1, 0.15) is 17.3 Å². The Bertz CT molecular complexity index is 1740. The molecule has 1 atom stereocenters. The van der Waals surface area contributed by atoms with Gasteiger partial charge in [-0.05, 0) is 63.6 Å². The predicted molar refractivity (Wildman–Crippen MR) is 141 cm³/mol. The number of imidazole rings is 1. The van der Waals surface area contributed by atoms with E-state index in [1.54, 1.807) is 43.1 Å². The second-order valence-electron chi connectivity index (χ2n) is 9.54. The molecule has 3 N–H and O–H groups in total. The fourth-order valence-corrected chi connectivity index (χ4v) is 4.53. The van der Waals surface area contributed by atoms with E-state index in [0.717, 1.165) is 23.3 Å². The third-order valence-electron chi connectivity index (χ3n) is 6.40. The number of hydrogen-bond donors (Lipinski definition) is 2. The van der Waals surface area contributed by atoms with Gasteiger partial charge < -0.3 is 15.6 Å². The summed E-state index contributed by atoms with van der Waals surface area (Å²) in [6, 6.07) is 8.06. The molecule has 0 aliphatic carbocycles. The largest absolute Gasteiger partial charge is 0.416 e. The standard InChI is InChI=1S/C27H26F3N7O/c1-14(2)37-13-17(5-6-23(37)38)21-12-22-24(34-16(4)35-26(22)36-8-7-32-25(21)36)33-15(3)18-9-19(27(28,29)30)11-20(31)10-18/h5-15H,31H2,1-4H3,(H,33,34,35)/t15-/m1/s1. The zero-order chi connectivity index (χ0) is 27.4. The number of aryl methyl sites for hydroxylation is 1. The molecule has 0 aliphatic heterocycles. The number of pyridine rings is 2. The number of rotatable bonds is 5. The molecule has 0 saturated heterocycles. The van der Waals surface area contributed by atoms with E-state index in [1.807, 2.05) is 24.3 Å². The van der Waals surface area contributed by atoms with Crippen molar-refractivity contribution in [3.63, 3.8) is 0 Å². The van der Waals surface area contributed by atoms with Gasteiger partial charge in [0, 0.05) is 47.5 Å². The second-order valence-corrected chi connectivity index (χ2v) is 9.54. The van der Waals surface area contributed by atoms with Crippen molar-refractivity contribution in [2.75, 3.05) is 11.1 Å². The van der Waals surface area contributed by atoms with Crippen molar-refractivity contribution in [2.45, 2.75) is 46.0 Å². The summed E-state index contributed by atoms with van der Waals surface area (Å²) in [4.78, 5) is 26.1. The van der Waals surface area contributed by atoms with Gasteiger partial charge in [-0.25, -0.2) is 15.0 Å².